The highest BCUT2D eigenvalue weighted by Crippen LogP contribution is 2.19. The van der Waals surface area contributed by atoms with Gasteiger partial charge in [-0.15, -0.1) is 0 Å². The third-order valence-electron chi connectivity index (χ3n) is 4.36. The average molecular weight is 338 g/mol. The van der Waals surface area contributed by atoms with Crippen molar-refractivity contribution in [1.29, 1.82) is 0 Å². The number of nitrogens with two attached hydrogens (primary N) is 1. The van der Waals surface area contributed by atoms with Gasteiger partial charge in [-0.25, -0.2) is 4.98 Å². The lowest BCUT2D eigenvalue weighted by Gasteiger charge is -2.18. The monoisotopic (exact) mass is 338 g/mol. The SMILES string of the molecule is NC(=O)c1cccnc1NC1CC(=O)N(CCCc2ccccc2)C1. The molecule has 0 bridgehead atoms. The van der Waals surface area contributed by atoms with E-state index in [1.165, 1.54) is 5.56 Å². The van der Waals surface area contributed by atoms with E-state index in [4.69, 9.17) is 5.73 Å². The van der Waals surface area contributed by atoms with E-state index in [0.717, 1.165) is 19.4 Å². The Kier molecular flexibility index (Phi) is 5.28. The fraction of sp³-hybridized carbons (Fsp3) is 0.316. The summed E-state index contributed by atoms with van der Waals surface area (Å²) in [6.45, 7) is 1.35. The third-order valence-corrected chi connectivity index (χ3v) is 4.36. The van der Waals surface area contributed by atoms with Gasteiger partial charge in [0.1, 0.15) is 5.82 Å². The van der Waals surface area contributed by atoms with E-state index in [1.807, 2.05) is 23.1 Å². The molecule has 0 aliphatic carbocycles. The first-order chi connectivity index (χ1) is 12.1. The van der Waals surface area contributed by atoms with Crippen LogP contribution in [0, 0.1) is 0 Å². The van der Waals surface area contributed by atoms with Crippen molar-refractivity contribution < 1.29 is 9.59 Å². The molecule has 0 saturated carbocycles. The molecule has 1 fully saturated rings. The Balaban J connectivity index is 1.53. The van der Waals surface area contributed by atoms with Gasteiger partial charge >= 0.3 is 0 Å². The number of anilines is 1. The van der Waals surface area contributed by atoms with Gasteiger partial charge in [0.25, 0.3) is 5.91 Å². The normalized spacial score (nSPS) is 16.9. The van der Waals surface area contributed by atoms with Crippen LogP contribution in [-0.2, 0) is 11.2 Å². The summed E-state index contributed by atoms with van der Waals surface area (Å²) in [5, 5.41) is 3.18. The summed E-state index contributed by atoms with van der Waals surface area (Å²) in [4.78, 5) is 29.7. The number of hydrogen-bond acceptors (Lipinski definition) is 4. The van der Waals surface area contributed by atoms with Crippen LogP contribution in [0.2, 0.25) is 0 Å². The number of likely N-dealkylation sites (tertiary alicyclic amines) is 1. The number of pyridine rings is 1. The second-order valence-corrected chi connectivity index (χ2v) is 6.24. The smallest absolute Gasteiger partial charge is 0.252 e. The molecule has 1 aliphatic rings. The number of aromatic nitrogens is 1. The van der Waals surface area contributed by atoms with Gasteiger partial charge in [-0.2, -0.15) is 0 Å². The van der Waals surface area contributed by atoms with E-state index >= 15 is 0 Å². The number of rotatable bonds is 7. The Morgan fingerprint density at radius 2 is 2.04 bits per heavy atom. The summed E-state index contributed by atoms with van der Waals surface area (Å²) in [5.74, 6) is 0.0423. The second-order valence-electron chi connectivity index (χ2n) is 6.24. The van der Waals surface area contributed by atoms with Gasteiger partial charge in [0.2, 0.25) is 5.91 Å². The van der Waals surface area contributed by atoms with E-state index < -0.39 is 5.91 Å². The maximum atomic E-state index is 12.2. The predicted octanol–water partition coefficient (Wildman–Crippen LogP) is 1.83. The number of primary amides is 1. The maximum Gasteiger partial charge on any atom is 0.252 e. The van der Waals surface area contributed by atoms with Crippen molar-refractivity contribution >= 4 is 17.6 Å². The fourth-order valence-corrected chi connectivity index (χ4v) is 3.12. The molecule has 6 heteroatoms. The molecule has 25 heavy (non-hydrogen) atoms. The molecule has 2 amide bonds. The van der Waals surface area contributed by atoms with Crippen molar-refractivity contribution in [1.82, 2.24) is 9.88 Å². The minimum atomic E-state index is -0.528. The molecule has 2 heterocycles. The number of amides is 2. The fourth-order valence-electron chi connectivity index (χ4n) is 3.12. The largest absolute Gasteiger partial charge is 0.365 e. The number of aryl methyl sites for hydroxylation is 1. The molecule has 3 N–H and O–H groups in total. The summed E-state index contributed by atoms with van der Waals surface area (Å²) in [6, 6.07) is 13.5. The quantitative estimate of drug-likeness (QED) is 0.806. The van der Waals surface area contributed by atoms with Crippen molar-refractivity contribution in [3.05, 3.63) is 59.8 Å². The van der Waals surface area contributed by atoms with E-state index in [0.29, 0.717) is 24.3 Å². The average Bonchev–Trinajstić information content (AvgIpc) is 2.95. The molecule has 6 nitrogen and oxygen atoms in total. The number of nitrogens with one attached hydrogen (secondary N) is 1. The van der Waals surface area contributed by atoms with Crippen LogP contribution >= 0.6 is 0 Å². The van der Waals surface area contributed by atoms with Crippen LogP contribution in [0.3, 0.4) is 0 Å². The minimum absolute atomic E-state index is 0.0581. The Hall–Kier alpha value is -2.89. The molecule has 1 saturated heterocycles. The molecule has 1 unspecified atom stereocenters. The lowest BCUT2D eigenvalue weighted by Crippen LogP contribution is -2.30. The predicted molar refractivity (Wildman–Crippen MR) is 96.1 cm³/mol. The molecule has 1 aliphatic heterocycles. The highest BCUT2D eigenvalue weighted by molar-refractivity contribution is 5.97. The van der Waals surface area contributed by atoms with Crippen LogP contribution in [0.4, 0.5) is 5.82 Å². The van der Waals surface area contributed by atoms with E-state index in [-0.39, 0.29) is 11.9 Å². The van der Waals surface area contributed by atoms with E-state index in [1.54, 1.807) is 18.3 Å². The number of carbonyl (C=O) groups excluding carboxylic acids is 2. The first-order valence-electron chi connectivity index (χ1n) is 8.46. The van der Waals surface area contributed by atoms with Crippen LogP contribution in [0.25, 0.3) is 0 Å². The summed E-state index contributed by atoms with van der Waals surface area (Å²) < 4.78 is 0. The second kappa shape index (κ2) is 7.79. The highest BCUT2D eigenvalue weighted by atomic mass is 16.2. The summed E-state index contributed by atoms with van der Waals surface area (Å²) in [6.07, 6.45) is 3.89. The molecular weight excluding hydrogens is 316 g/mol. The van der Waals surface area contributed by atoms with Gasteiger partial charge < -0.3 is 16.0 Å². The van der Waals surface area contributed by atoms with Gasteiger partial charge in [-0.3, -0.25) is 9.59 Å². The Morgan fingerprint density at radius 3 is 2.80 bits per heavy atom. The van der Waals surface area contributed by atoms with E-state index in [2.05, 4.69) is 22.4 Å². The van der Waals surface area contributed by atoms with Crippen LogP contribution in [0.15, 0.2) is 48.7 Å². The van der Waals surface area contributed by atoms with Gasteiger partial charge in [0, 0.05) is 25.7 Å². The van der Waals surface area contributed by atoms with Crippen molar-refractivity contribution in [3.8, 4) is 0 Å². The first kappa shape index (κ1) is 17.0. The van der Waals surface area contributed by atoms with Gasteiger partial charge in [0.15, 0.2) is 0 Å². The third kappa shape index (κ3) is 4.35. The molecule has 0 spiro atoms. The standard InChI is InChI=1S/C19H22N4O2/c20-18(25)16-9-4-10-21-19(16)22-15-12-17(24)23(13-15)11-5-8-14-6-2-1-3-7-14/h1-4,6-7,9-10,15H,5,8,11-13H2,(H2,20,25)(H,21,22). The van der Waals surface area contributed by atoms with Crippen LogP contribution in [0.5, 0.6) is 0 Å². The Labute approximate surface area is 147 Å². The molecular formula is C19H22N4O2. The Morgan fingerprint density at radius 1 is 1.24 bits per heavy atom. The number of nitrogens with zero attached hydrogens (tertiary/aromatic N) is 2. The van der Waals surface area contributed by atoms with Crippen LogP contribution < -0.4 is 11.1 Å². The topological polar surface area (TPSA) is 88.3 Å². The summed E-state index contributed by atoms with van der Waals surface area (Å²) in [7, 11) is 0. The highest BCUT2D eigenvalue weighted by Gasteiger charge is 2.29. The zero-order valence-corrected chi connectivity index (χ0v) is 14.0. The first-order valence-corrected chi connectivity index (χ1v) is 8.46. The number of hydrogen-bond donors (Lipinski definition) is 2. The molecule has 1 aromatic carbocycles. The zero-order valence-electron chi connectivity index (χ0n) is 14.0. The maximum absolute atomic E-state index is 12.2. The van der Waals surface area contributed by atoms with Crippen LogP contribution in [-0.4, -0.2) is 40.8 Å². The molecule has 2 aromatic rings. The lowest BCUT2D eigenvalue weighted by atomic mass is 10.1. The van der Waals surface area contributed by atoms with Gasteiger partial charge in [-0.05, 0) is 30.5 Å². The van der Waals surface area contributed by atoms with E-state index in [9.17, 15) is 9.59 Å². The lowest BCUT2D eigenvalue weighted by molar-refractivity contribution is -0.127. The molecule has 130 valence electrons. The van der Waals surface area contributed by atoms with Crippen molar-refractivity contribution in [2.24, 2.45) is 5.73 Å². The van der Waals surface area contributed by atoms with Crippen molar-refractivity contribution in [2.75, 3.05) is 18.4 Å². The number of benzene rings is 1. The minimum Gasteiger partial charge on any atom is -0.365 e. The summed E-state index contributed by atoms with van der Waals surface area (Å²) in [5.41, 5.74) is 6.99. The molecule has 0 radical (unpaired) electrons. The van der Waals surface area contributed by atoms with Gasteiger partial charge in [0.05, 0.1) is 11.6 Å². The van der Waals surface area contributed by atoms with Gasteiger partial charge in [-0.1, -0.05) is 30.3 Å². The van der Waals surface area contributed by atoms with Crippen LogP contribution in [0.1, 0.15) is 28.8 Å². The molecule has 1 aromatic heterocycles. The number of carbonyl (C=O) groups is 2. The summed E-state index contributed by atoms with van der Waals surface area (Å²) >= 11 is 0. The molecule has 3 rings (SSSR count). The zero-order chi connectivity index (χ0) is 17.6. The Bertz CT molecular complexity index is 748. The molecule has 1 atom stereocenters. The van der Waals surface area contributed by atoms with Crippen molar-refractivity contribution in [3.63, 3.8) is 0 Å². The van der Waals surface area contributed by atoms with Crippen molar-refractivity contribution in [2.45, 2.75) is 25.3 Å².